The number of nitrogens with one attached hydrogen (secondary N) is 1. The number of nitrogens with zero attached hydrogens (tertiary/aromatic N) is 2. The number of methoxy groups -OCH3 is 2. The van der Waals surface area contributed by atoms with Crippen LogP contribution < -0.4 is 19.1 Å². The third-order valence-electron chi connectivity index (χ3n) is 7.11. The lowest BCUT2D eigenvalue weighted by Crippen LogP contribution is -2.50. The predicted octanol–water partition coefficient (Wildman–Crippen LogP) is 4.12. The van der Waals surface area contributed by atoms with Gasteiger partial charge in [0.1, 0.15) is 17.5 Å². The van der Waals surface area contributed by atoms with Crippen LogP contribution in [0, 0.1) is 0 Å². The average Bonchev–Trinajstić information content (AvgIpc) is 2.93. The van der Waals surface area contributed by atoms with Crippen molar-refractivity contribution in [3.63, 3.8) is 0 Å². The number of para-hydroxylation sites is 2. The van der Waals surface area contributed by atoms with E-state index in [1.807, 2.05) is 24.3 Å². The maximum Gasteiger partial charge on any atom is 0.242 e. The van der Waals surface area contributed by atoms with Crippen molar-refractivity contribution in [2.45, 2.75) is 70.5 Å². The minimum atomic E-state index is -3.62. The summed E-state index contributed by atoms with van der Waals surface area (Å²) in [5, 5.41) is 3.13. The van der Waals surface area contributed by atoms with Gasteiger partial charge in [-0.25, -0.2) is 8.42 Å². The molecular formula is C29H41N3O6S. The molecule has 1 atom stereocenters. The van der Waals surface area contributed by atoms with Crippen molar-refractivity contribution in [3.05, 3.63) is 54.1 Å². The van der Waals surface area contributed by atoms with Crippen LogP contribution in [0.5, 0.6) is 11.5 Å². The number of hydrogen-bond acceptors (Lipinski definition) is 6. The smallest absolute Gasteiger partial charge is 0.242 e. The van der Waals surface area contributed by atoms with E-state index in [1.165, 1.54) is 17.8 Å². The Morgan fingerprint density at radius 3 is 2.41 bits per heavy atom. The van der Waals surface area contributed by atoms with Crippen LogP contribution in [0.2, 0.25) is 0 Å². The van der Waals surface area contributed by atoms with Gasteiger partial charge in [-0.1, -0.05) is 43.5 Å². The van der Waals surface area contributed by atoms with Gasteiger partial charge in [-0.15, -0.1) is 0 Å². The number of hydrogen-bond donors (Lipinski definition) is 1. The fourth-order valence-corrected chi connectivity index (χ4v) is 5.91. The second-order valence-corrected chi connectivity index (χ2v) is 11.9. The molecule has 0 bridgehead atoms. The molecule has 0 saturated heterocycles. The Bertz CT molecular complexity index is 1210. The van der Waals surface area contributed by atoms with Crippen LogP contribution in [-0.2, 0) is 26.2 Å². The molecule has 0 unspecified atom stereocenters. The topological polar surface area (TPSA) is 105 Å². The van der Waals surface area contributed by atoms with Crippen molar-refractivity contribution < 1.29 is 27.5 Å². The maximum atomic E-state index is 13.6. The molecule has 1 saturated carbocycles. The third-order valence-corrected chi connectivity index (χ3v) is 8.29. The lowest BCUT2D eigenvalue weighted by molar-refractivity contribution is -0.141. The van der Waals surface area contributed by atoms with Gasteiger partial charge in [0.05, 0.1) is 26.2 Å². The van der Waals surface area contributed by atoms with Gasteiger partial charge in [-0.3, -0.25) is 13.9 Å². The second kappa shape index (κ2) is 14.2. The van der Waals surface area contributed by atoms with Crippen LogP contribution >= 0.6 is 0 Å². The zero-order valence-corrected chi connectivity index (χ0v) is 24.2. The van der Waals surface area contributed by atoms with Crippen LogP contribution in [-0.4, -0.2) is 64.2 Å². The van der Waals surface area contributed by atoms with E-state index in [0.717, 1.165) is 37.5 Å². The van der Waals surface area contributed by atoms with Gasteiger partial charge in [0.15, 0.2) is 0 Å². The van der Waals surface area contributed by atoms with Crippen LogP contribution in [0.4, 0.5) is 5.69 Å². The molecule has 1 aliphatic rings. The van der Waals surface area contributed by atoms with Crippen molar-refractivity contribution in [2.24, 2.45) is 0 Å². The largest absolute Gasteiger partial charge is 0.497 e. The van der Waals surface area contributed by atoms with E-state index in [1.54, 1.807) is 43.2 Å². The fourth-order valence-electron chi connectivity index (χ4n) is 4.94. The Hall–Kier alpha value is -3.27. The average molecular weight is 560 g/mol. The van der Waals surface area contributed by atoms with Gasteiger partial charge in [0.25, 0.3) is 0 Å². The Morgan fingerprint density at radius 1 is 1.03 bits per heavy atom. The number of benzene rings is 2. The van der Waals surface area contributed by atoms with Gasteiger partial charge in [-0.2, -0.15) is 0 Å². The first kappa shape index (κ1) is 30.3. The molecule has 2 amide bonds. The first-order valence-corrected chi connectivity index (χ1v) is 15.3. The van der Waals surface area contributed by atoms with Crippen LogP contribution in [0.15, 0.2) is 48.5 Å². The molecule has 0 aliphatic heterocycles. The fraction of sp³-hybridized carbons (Fsp3) is 0.517. The minimum Gasteiger partial charge on any atom is -0.497 e. The van der Waals surface area contributed by atoms with E-state index in [2.05, 4.69) is 5.32 Å². The number of anilines is 1. The maximum absolute atomic E-state index is 13.6. The third kappa shape index (κ3) is 8.61. The Balaban J connectivity index is 1.75. The number of rotatable bonds is 13. The summed E-state index contributed by atoms with van der Waals surface area (Å²) in [7, 11) is -0.555. The van der Waals surface area contributed by atoms with Crippen molar-refractivity contribution in [3.8, 4) is 11.5 Å². The van der Waals surface area contributed by atoms with Gasteiger partial charge in [0, 0.05) is 25.6 Å². The number of amides is 2. The molecule has 9 nitrogen and oxygen atoms in total. The Kier molecular flexibility index (Phi) is 11.0. The van der Waals surface area contributed by atoms with E-state index in [4.69, 9.17) is 9.47 Å². The molecule has 1 aliphatic carbocycles. The molecule has 3 rings (SSSR count). The lowest BCUT2D eigenvalue weighted by Gasteiger charge is -2.31. The van der Waals surface area contributed by atoms with E-state index >= 15 is 0 Å². The number of ether oxygens (including phenoxy) is 2. The molecule has 2 aromatic carbocycles. The number of carbonyl (C=O) groups excluding carboxylic acids is 2. The molecule has 0 heterocycles. The molecule has 10 heteroatoms. The number of carbonyl (C=O) groups is 2. The highest BCUT2D eigenvalue weighted by Crippen LogP contribution is 2.30. The van der Waals surface area contributed by atoms with E-state index < -0.39 is 16.1 Å². The highest BCUT2D eigenvalue weighted by Gasteiger charge is 2.29. The van der Waals surface area contributed by atoms with Gasteiger partial charge in [-0.05, 0) is 56.0 Å². The van der Waals surface area contributed by atoms with E-state index in [-0.39, 0.29) is 43.8 Å². The summed E-state index contributed by atoms with van der Waals surface area (Å²) in [6, 6.07) is 13.7. The minimum absolute atomic E-state index is 0.0756. The van der Waals surface area contributed by atoms with Crippen LogP contribution in [0.1, 0.15) is 57.4 Å². The molecule has 1 fully saturated rings. The Morgan fingerprint density at radius 2 is 1.74 bits per heavy atom. The summed E-state index contributed by atoms with van der Waals surface area (Å²) in [5.74, 6) is 0.698. The molecule has 0 radical (unpaired) electrons. The van der Waals surface area contributed by atoms with E-state index in [9.17, 15) is 18.0 Å². The molecule has 214 valence electrons. The molecule has 39 heavy (non-hydrogen) atoms. The molecule has 1 N–H and O–H groups in total. The second-order valence-electron chi connectivity index (χ2n) is 10.0. The predicted molar refractivity (Wildman–Crippen MR) is 152 cm³/mol. The standard InChI is InChI=1S/C29H41N3O6S/c1-22(29(34)30-24-13-6-5-7-14-24)31(21-23-12-10-15-25(20-23)37-2)28(33)18-11-19-32(39(4,35)36)26-16-8-9-17-27(26)38-3/h8-10,12,15-17,20,22,24H,5-7,11,13-14,18-19,21H2,1-4H3,(H,30,34)/t22-/m0/s1. The van der Waals surface area contributed by atoms with Gasteiger partial charge >= 0.3 is 0 Å². The zero-order chi connectivity index (χ0) is 28.4. The number of sulfonamides is 1. The summed E-state index contributed by atoms with van der Waals surface area (Å²) >= 11 is 0. The normalized spacial score (nSPS) is 14.8. The first-order valence-electron chi connectivity index (χ1n) is 13.5. The SMILES string of the molecule is COc1cccc(CN(C(=O)CCCN(c2ccccc2OC)S(C)(=O)=O)[C@@H](C)C(=O)NC2CCCCC2)c1. The van der Waals surface area contributed by atoms with E-state index in [0.29, 0.717) is 17.2 Å². The highest BCUT2D eigenvalue weighted by molar-refractivity contribution is 7.92. The summed E-state index contributed by atoms with van der Waals surface area (Å²) in [6.45, 7) is 2.08. The molecular weight excluding hydrogens is 518 g/mol. The molecule has 0 aromatic heterocycles. The van der Waals surface area contributed by atoms with Crippen molar-refractivity contribution in [1.29, 1.82) is 0 Å². The van der Waals surface area contributed by atoms with Crippen molar-refractivity contribution >= 4 is 27.5 Å². The highest BCUT2D eigenvalue weighted by atomic mass is 32.2. The van der Waals surface area contributed by atoms with Crippen LogP contribution in [0.3, 0.4) is 0 Å². The molecule has 0 spiro atoms. The van der Waals surface area contributed by atoms with Crippen molar-refractivity contribution in [1.82, 2.24) is 10.2 Å². The summed E-state index contributed by atoms with van der Waals surface area (Å²) in [4.78, 5) is 28.3. The summed E-state index contributed by atoms with van der Waals surface area (Å²) < 4.78 is 37.2. The van der Waals surface area contributed by atoms with Gasteiger partial charge < -0.3 is 19.7 Å². The monoisotopic (exact) mass is 559 g/mol. The quantitative estimate of drug-likeness (QED) is 0.396. The van der Waals surface area contributed by atoms with Crippen LogP contribution in [0.25, 0.3) is 0 Å². The van der Waals surface area contributed by atoms with Gasteiger partial charge in [0.2, 0.25) is 21.8 Å². The Labute approximate surface area is 232 Å². The zero-order valence-electron chi connectivity index (χ0n) is 23.4. The summed E-state index contributed by atoms with van der Waals surface area (Å²) in [5.41, 5.74) is 1.26. The first-order chi connectivity index (χ1) is 18.6. The summed E-state index contributed by atoms with van der Waals surface area (Å²) in [6.07, 6.45) is 6.75. The molecule has 2 aromatic rings. The van der Waals surface area contributed by atoms with Crippen molar-refractivity contribution in [2.75, 3.05) is 31.3 Å². The lowest BCUT2D eigenvalue weighted by atomic mass is 9.95.